The van der Waals surface area contributed by atoms with Gasteiger partial charge < -0.3 is 24.9 Å². The van der Waals surface area contributed by atoms with Crippen molar-refractivity contribution in [3.8, 4) is 11.5 Å². The van der Waals surface area contributed by atoms with E-state index in [1.807, 2.05) is 0 Å². The van der Waals surface area contributed by atoms with Crippen LogP contribution in [0.4, 0.5) is 4.79 Å². The van der Waals surface area contributed by atoms with Crippen LogP contribution in [0.1, 0.15) is 11.3 Å². The summed E-state index contributed by atoms with van der Waals surface area (Å²) in [4.78, 5) is 11.6. The van der Waals surface area contributed by atoms with Crippen molar-refractivity contribution in [1.29, 1.82) is 0 Å². The Morgan fingerprint density at radius 1 is 1.25 bits per heavy atom. The summed E-state index contributed by atoms with van der Waals surface area (Å²) in [5.41, 5.74) is 0.581. The third-order valence-electron chi connectivity index (χ3n) is 2.75. The van der Waals surface area contributed by atoms with Crippen LogP contribution in [-0.2, 0) is 13.1 Å². The Bertz CT molecular complexity index is 567. The minimum absolute atomic E-state index is 0.0290. The summed E-state index contributed by atoms with van der Waals surface area (Å²) >= 11 is 0. The van der Waals surface area contributed by atoms with Gasteiger partial charge in [-0.1, -0.05) is 12.1 Å². The maximum absolute atomic E-state index is 11.6. The van der Waals surface area contributed by atoms with Gasteiger partial charge in [-0.05, 0) is 18.2 Å². The molecule has 1 heterocycles. The number of hydrogen-bond donors (Lipinski definition) is 3. The number of furan rings is 1. The van der Waals surface area contributed by atoms with Crippen LogP contribution in [0, 0.1) is 0 Å². The first-order valence-electron chi connectivity index (χ1n) is 6.09. The van der Waals surface area contributed by atoms with Gasteiger partial charge in [0.25, 0.3) is 0 Å². The van der Waals surface area contributed by atoms with Crippen LogP contribution in [0.3, 0.4) is 0 Å². The number of nitrogens with one attached hydrogen (secondary N) is 2. The van der Waals surface area contributed by atoms with Crippen molar-refractivity contribution in [3.63, 3.8) is 0 Å². The highest BCUT2D eigenvalue weighted by Crippen LogP contribution is 2.28. The van der Waals surface area contributed by atoms with Crippen LogP contribution >= 0.6 is 0 Å². The number of amides is 2. The molecular weight excluding hydrogens is 260 g/mol. The Morgan fingerprint density at radius 3 is 2.75 bits per heavy atom. The smallest absolute Gasteiger partial charge is 0.315 e. The summed E-state index contributed by atoms with van der Waals surface area (Å²) in [6.45, 7) is 0.510. The highest BCUT2D eigenvalue weighted by Gasteiger charge is 2.08. The molecule has 106 valence electrons. The molecule has 6 heteroatoms. The lowest BCUT2D eigenvalue weighted by Crippen LogP contribution is -2.34. The van der Waals surface area contributed by atoms with Crippen LogP contribution in [0.25, 0.3) is 0 Å². The van der Waals surface area contributed by atoms with E-state index in [0.717, 1.165) is 0 Å². The van der Waals surface area contributed by atoms with Crippen molar-refractivity contribution in [1.82, 2.24) is 10.6 Å². The van der Waals surface area contributed by atoms with Crippen molar-refractivity contribution in [2.45, 2.75) is 13.1 Å². The van der Waals surface area contributed by atoms with Gasteiger partial charge in [0.2, 0.25) is 0 Å². The lowest BCUT2D eigenvalue weighted by Gasteiger charge is -2.10. The van der Waals surface area contributed by atoms with Gasteiger partial charge in [0, 0.05) is 12.1 Å². The lowest BCUT2D eigenvalue weighted by atomic mass is 10.2. The second kappa shape index (κ2) is 6.51. The summed E-state index contributed by atoms with van der Waals surface area (Å²) in [6.07, 6.45) is 1.54. The zero-order chi connectivity index (χ0) is 14.4. The van der Waals surface area contributed by atoms with Gasteiger partial charge >= 0.3 is 6.03 Å². The van der Waals surface area contributed by atoms with Crippen LogP contribution in [0.15, 0.2) is 41.0 Å². The first kappa shape index (κ1) is 13.8. The molecule has 2 aromatic rings. The number of carbonyl (C=O) groups is 1. The Hall–Kier alpha value is -2.63. The third kappa shape index (κ3) is 3.44. The topological polar surface area (TPSA) is 83.7 Å². The van der Waals surface area contributed by atoms with Gasteiger partial charge in [-0.25, -0.2) is 4.79 Å². The number of methoxy groups -OCH3 is 1. The van der Waals surface area contributed by atoms with E-state index >= 15 is 0 Å². The Kier molecular flexibility index (Phi) is 4.49. The summed E-state index contributed by atoms with van der Waals surface area (Å²) in [6, 6.07) is 8.29. The largest absolute Gasteiger partial charge is 0.504 e. The minimum Gasteiger partial charge on any atom is -0.504 e. The van der Waals surface area contributed by atoms with Crippen molar-refractivity contribution in [2.75, 3.05) is 7.11 Å². The van der Waals surface area contributed by atoms with Crippen molar-refractivity contribution >= 4 is 6.03 Å². The molecule has 0 radical (unpaired) electrons. The number of phenols is 1. The Morgan fingerprint density at radius 2 is 2.05 bits per heavy atom. The van der Waals surface area contributed by atoms with Gasteiger partial charge in [-0.15, -0.1) is 0 Å². The Labute approximate surface area is 116 Å². The fraction of sp³-hybridized carbons (Fsp3) is 0.214. The van der Waals surface area contributed by atoms with E-state index in [0.29, 0.717) is 23.6 Å². The summed E-state index contributed by atoms with van der Waals surface area (Å²) < 4.78 is 10.1. The number of ether oxygens (including phenoxy) is 1. The van der Waals surface area contributed by atoms with Gasteiger partial charge in [-0.2, -0.15) is 0 Å². The normalized spacial score (nSPS) is 10.1. The average Bonchev–Trinajstić information content (AvgIpc) is 2.97. The molecule has 0 aliphatic carbocycles. The SMILES string of the molecule is COc1cccc(CNC(=O)NCc2ccco2)c1O. The van der Waals surface area contributed by atoms with Gasteiger partial charge in [0.05, 0.1) is 19.9 Å². The van der Waals surface area contributed by atoms with E-state index in [1.54, 1.807) is 36.6 Å². The molecule has 2 rings (SSSR count). The highest BCUT2D eigenvalue weighted by molar-refractivity contribution is 5.73. The maximum Gasteiger partial charge on any atom is 0.315 e. The van der Waals surface area contributed by atoms with Gasteiger partial charge in [0.1, 0.15) is 5.76 Å². The number of phenolic OH excluding ortho intramolecular Hbond substituents is 1. The maximum atomic E-state index is 11.6. The number of para-hydroxylation sites is 1. The number of hydrogen-bond acceptors (Lipinski definition) is 4. The third-order valence-corrected chi connectivity index (χ3v) is 2.75. The van der Waals surface area contributed by atoms with Gasteiger partial charge in [-0.3, -0.25) is 0 Å². The number of benzene rings is 1. The molecule has 0 unspecified atom stereocenters. The van der Waals surface area contributed by atoms with E-state index in [9.17, 15) is 9.90 Å². The molecule has 0 saturated heterocycles. The molecule has 6 nitrogen and oxygen atoms in total. The Balaban J connectivity index is 1.84. The molecule has 0 bridgehead atoms. The molecule has 0 saturated carbocycles. The molecule has 0 fully saturated rings. The van der Waals surface area contributed by atoms with Crippen molar-refractivity contribution < 1.29 is 19.1 Å². The fourth-order valence-corrected chi connectivity index (χ4v) is 1.69. The standard InChI is InChI=1S/C14H16N2O4/c1-19-12-6-2-4-10(13(12)17)8-15-14(18)16-9-11-5-3-7-20-11/h2-7,17H,8-9H2,1H3,(H2,15,16,18). The number of aromatic hydroxyl groups is 1. The van der Waals surface area contributed by atoms with Crippen molar-refractivity contribution in [2.24, 2.45) is 0 Å². The molecular formula is C14H16N2O4. The van der Waals surface area contributed by atoms with E-state index in [1.165, 1.54) is 7.11 Å². The molecule has 0 spiro atoms. The lowest BCUT2D eigenvalue weighted by molar-refractivity contribution is 0.239. The van der Waals surface area contributed by atoms with E-state index < -0.39 is 0 Å². The number of carbonyl (C=O) groups excluding carboxylic acids is 1. The predicted molar refractivity (Wildman–Crippen MR) is 72.4 cm³/mol. The second-order valence-electron chi connectivity index (χ2n) is 4.08. The summed E-state index contributed by atoms with van der Waals surface area (Å²) in [5.74, 6) is 1.08. The molecule has 0 aliphatic rings. The first-order chi connectivity index (χ1) is 9.70. The quantitative estimate of drug-likeness (QED) is 0.779. The zero-order valence-electron chi connectivity index (χ0n) is 11.1. The minimum atomic E-state index is -0.344. The summed E-state index contributed by atoms with van der Waals surface area (Å²) in [5, 5.41) is 15.2. The van der Waals surface area contributed by atoms with Gasteiger partial charge in [0.15, 0.2) is 11.5 Å². The number of rotatable bonds is 5. The van der Waals surface area contributed by atoms with Crippen LogP contribution in [0.2, 0.25) is 0 Å². The van der Waals surface area contributed by atoms with Crippen LogP contribution in [0.5, 0.6) is 11.5 Å². The van der Waals surface area contributed by atoms with E-state index in [-0.39, 0.29) is 18.3 Å². The van der Waals surface area contributed by atoms with Crippen molar-refractivity contribution in [3.05, 3.63) is 47.9 Å². The first-order valence-corrected chi connectivity index (χ1v) is 6.09. The average molecular weight is 276 g/mol. The molecule has 2 amide bonds. The fourth-order valence-electron chi connectivity index (χ4n) is 1.69. The van der Waals surface area contributed by atoms with Crippen LogP contribution < -0.4 is 15.4 Å². The molecule has 1 aromatic heterocycles. The molecule has 3 N–H and O–H groups in total. The molecule has 20 heavy (non-hydrogen) atoms. The second-order valence-corrected chi connectivity index (χ2v) is 4.08. The van der Waals surface area contributed by atoms with E-state index in [2.05, 4.69) is 10.6 Å². The monoisotopic (exact) mass is 276 g/mol. The highest BCUT2D eigenvalue weighted by atomic mass is 16.5. The number of urea groups is 1. The summed E-state index contributed by atoms with van der Waals surface area (Å²) in [7, 11) is 1.47. The molecule has 1 aromatic carbocycles. The predicted octanol–water partition coefficient (Wildman–Crippen LogP) is 1.99. The molecule has 0 aliphatic heterocycles. The van der Waals surface area contributed by atoms with Crippen LogP contribution in [-0.4, -0.2) is 18.2 Å². The van der Waals surface area contributed by atoms with E-state index in [4.69, 9.17) is 9.15 Å². The molecule has 0 atom stereocenters. The zero-order valence-corrected chi connectivity index (χ0v) is 11.1.